The van der Waals surface area contributed by atoms with Gasteiger partial charge in [0, 0.05) is 11.3 Å². The molecule has 0 radical (unpaired) electrons. The van der Waals surface area contributed by atoms with Gasteiger partial charge in [-0.3, -0.25) is 4.79 Å². The van der Waals surface area contributed by atoms with Crippen molar-refractivity contribution in [2.24, 2.45) is 0 Å². The van der Waals surface area contributed by atoms with E-state index in [2.05, 4.69) is 5.32 Å². The van der Waals surface area contributed by atoms with Gasteiger partial charge in [0.15, 0.2) is 0 Å². The van der Waals surface area contributed by atoms with Crippen LogP contribution in [0.5, 0.6) is 0 Å². The van der Waals surface area contributed by atoms with E-state index in [0.29, 0.717) is 16.8 Å². The summed E-state index contributed by atoms with van der Waals surface area (Å²) in [5.41, 5.74) is 1.35. The van der Waals surface area contributed by atoms with E-state index in [4.69, 9.17) is 0 Å². The number of rotatable bonds is 0. The van der Waals surface area contributed by atoms with Crippen LogP contribution < -0.4 is 5.32 Å². The minimum atomic E-state index is -0.357. The van der Waals surface area contributed by atoms with Crippen molar-refractivity contribution in [3.05, 3.63) is 41.2 Å². The Morgan fingerprint density at radius 3 is 2.92 bits per heavy atom. The predicted octanol–water partition coefficient (Wildman–Crippen LogP) is 1.93. The molecule has 1 aliphatic heterocycles. The zero-order chi connectivity index (χ0) is 9.42. The minimum absolute atomic E-state index is 0.234. The second kappa shape index (κ2) is 2.69. The summed E-state index contributed by atoms with van der Waals surface area (Å²) < 4.78 is 13.3. The lowest BCUT2D eigenvalue weighted by Crippen LogP contribution is -2.11. The Balaban J connectivity index is 2.73. The first kappa shape index (κ1) is 7.98. The number of carbonyl (C=O) groups is 1. The van der Waals surface area contributed by atoms with Gasteiger partial charge in [0.1, 0.15) is 5.82 Å². The summed E-state index contributed by atoms with van der Waals surface area (Å²) in [5.74, 6) is -0.591. The van der Waals surface area contributed by atoms with Gasteiger partial charge in [0.2, 0.25) is 0 Å². The van der Waals surface area contributed by atoms with E-state index in [0.717, 1.165) is 0 Å². The molecule has 0 spiro atoms. The van der Waals surface area contributed by atoms with Crippen molar-refractivity contribution in [3.8, 4) is 0 Å². The lowest BCUT2D eigenvalue weighted by Gasteiger charge is -1.98. The van der Waals surface area contributed by atoms with Crippen molar-refractivity contribution in [1.29, 1.82) is 0 Å². The molecule has 2 nitrogen and oxygen atoms in total. The van der Waals surface area contributed by atoms with E-state index < -0.39 is 0 Å². The fourth-order valence-corrected chi connectivity index (χ4v) is 1.46. The van der Waals surface area contributed by atoms with E-state index >= 15 is 0 Å². The summed E-state index contributed by atoms with van der Waals surface area (Å²) in [6.45, 7) is 1.76. The first-order chi connectivity index (χ1) is 6.24. The zero-order valence-electron chi connectivity index (χ0n) is 7.10. The Kier molecular flexibility index (Phi) is 1.65. The minimum Gasteiger partial charge on any atom is -0.322 e. The van der Waals surface area contributed by atoms with Gasteiger partial charge in [-0.25, -0.2) is 4.39 Å². The Morgan fingerprint density at radius 2 is 2.23 bits per heavy atom. The van der Waals surface area contributed by atoms with Crippen LogP contribution in [0.2, 0.25) is 0 Å². The number of benzene rings is 1. The number of amides is 1. The van der Waals surface area contributed by atoms with Gasteiger partial charge in [-0.15, -0.1) is 0 Å². The normalized spacial score (nSPS) is 17.4. The fraction of sp³-hybridized carbons (Fsp3) is 0.100. The highest BCUT2D eigenvalue weighted by Crippen LogP contribution is 2.26. The lowest BCUT2D eigenvalue weighted by molar-refractivity contribution is 0.0981. The monoisotopic (exact) mass is 177 g/mol. The molecule has 0 fully saturated rings. The highest BCUT2D eigenvalue weighted by molar-refractivity contribution is 6.09. The number of hydrogen-bond acceptors (Lipinski definition) is 1. The molecule has 1 amide bonds. The van der Waals surface area contributed by atoms with E-state index in [9.17, 15) is 9.18 Å². The molecule has 1 heterocycles. The highest BCUT2D eigenvalue weighted by atomic mass is 19.1. The molecule has 0 unspecified atom stereocenters. The lowest BCUT2D eigenvalue weighted by atomic mass is 10.1. The van der Waals surface area contributed by atoms with Crippen molar-refractivity contribution in [2.75, 3.05) is 0 Å². The topological polar surface area (TPSA) is 29.1 Å². The largest absolute Gasteiger partial charge is 0.322 e. The molecule has 0 aromatic heterocycles. The van der Waals surface area contributed by atoms with Gasteiger partial charge in [0.05, 0.1) is 5.56 Å². The molecular formula is C10H8FNO. The quantitative estimate of drug-likeness (QED) is 0.644. The molecule has 66 valence electrons. The number of nitrogens with one attached hydrogen (secondary N) is 1. The maximum absolute atomic E-state index is 13.3. The molecule has 0 saturated heterocycles. The average Bonchev–Trinajstić information content (AvgIpc) is 2.45. The number of allylic oxidation sites excluding steroid dienone is 1. The third-order valence-corrected chi connectivity index (χ3v) is 2.06. The third kappa shape index (κ3) is 1.04. The molecule has 0 bridgehead atoms. The molecule has 2 rings (SSSR count). The molecule has 0 saturated carbocycles. The molecule has 3 heteroatoms. The summed E-state index contributed by atoms with van der Waals surface area (Å²) in [4.78, 5) is 11.3. The summed E-state index contributed by atoms with van der Waals surface area (Å²) in [6, 6.07) is 4.50. The van der Waals surface area contributed by atoms with Crippen LogP contribution in [-0.2, 0) is 0 Å². The predicted molar refractivity (Wildman–Crippen MR) is 47.5 cm³/mol. The summed E-state index contributed by atoms with van der Waals surface area (Å²) >= 11 is 0. The summed E-state index contributed by atoms with van der Waals surface area (Å²) in [7, 11) is 0. The summed E-state index contributed by atoms with van der Waals surface area (Å²) in [6.07, 6.45) is 1.69. The fourth-order valence-electron chi connectivity index (χ4n) is 1.46. The molecule has 1 aliphatic rings. The van der Waals surface area contributed by atoms with Crippen molar-refractivity contribution < 1.29 is 9.18 Å². The van der Waals surface area contributed by atoms with Crippen LogP contribution in [0.4, 0.5) is 4.39 Å². The SMILES string of the molecule is C/C=C1/NC(=O)c2cccc(F)c21. The van der Waals surface area contributed by atoms with Gasteiger partial charge in [-0.2, -0.15) is 0 Å². The van der Waals surface area contributed by atoms with Crippen molar-refractivity contribution in [1.82, 2.24) is 5.32 Å². The maximum Gasteiger partial charge on any atom is 0.256 e. The first-order valence-corrected chi connectivity index (χ1v) is 4.00. The van der Waals surface area contributed by atoms with Crippen LogP contribution in [-0.4, -0.2) is 5.91 Å². The average molecular weight is 177 g/mol. The molecule has 1 aromatic rings. The van der Waals surface area contributed by atoms with Gasteiger partial charge < -0.3 is 5.32 Å². The number of carbonyl (C=O) groups excluding carboxylic acids is 1. The molecule has 0 aliphatic carbocycles. The van der Waals surface area contributed by atoms with Crippen molar-refractivity contribution in [3.63, 3.8) is 0 Å². The van der Waals surface area contributed by atoms with E-state index in [1.807, 2.05) is 0 Å². The Hall–Kier alpha value is -1.64. The van der Waals surface area contributed by atoms with Gasteiger partial charge >= 0.3 is 0 Å². The molecule has 13 heavy (non-hydrogen) atoms. The van der Waals surface area contributed by atoms with Crippen LogP contribution in [0.3, 0.4) is 0 Å². The Morgan fingerprint density at radius 1 is 1.46 bits per heavy atom. The van der Waals surface area contributed by atoms with Crippen LogP contribution >= 0.6 is 0 Å². The van der Waals surface area contributed by atoms with Crippen LogP contribution in [0.1, 0.15) is 22.8 Å². The Bertz CT molecular complexity index is 409. The highest BCUT2D eigenvalue weighted by Gasteiger charge is 2.25. The first-order valence-electron chi connectivity index (χ1n) is 4.00. The van der Waals surface area contributed by atoms with Gasteiger partial charge in [0.25, 0.3) is 5.91 Å². The second-order valence-electron chi connectivity index (χ2n) is 2.82. The molecular weight excluding hydrogens is 169 g/mol. The van der Waals surface area contributed by atoms with E-state index in [-0.39, 0.29) is 11.7 Å². The van der Waals surface area contributed by atoms with Crippen molar-refractivity contribution >= 4 is 11.6 Å². The number of hydrogen-bond donors (Lipinski definition) is 1. The van der Waals surface area contributed by atoms with E-state index in [1.165, 1.54) is 12.1 Å². The van der Waals surface area contributed by atoms with Crippen LogP contribution in [0.15, 0.2) is 24.3 Å². The molecule has 1 aromatic carbocycles. The number of halogens is 1. The zero-order valence-corrected chi connectivity index (χ0v) is 7.10. The molecule has 1 N–H and O–H groups in total. The van der Waals surface area contributed by atoms with Crippen LogP contribution in [0.25, 0.3) is 5.70 Å². The van der Waals surface area contributed by atoms with Gasteiger partial charge in [-0.05, 0) is 19.1 Å². The third-order valence-electron chi connectivity index (χ3n) is 2.06. The van der Waals surface area contributed by atoms with Gasteiger partial charge in [-0.1, -0.05) is 12.1 Å². The molecule has 0 atom stereocenters. The summed E-state index contributed by atoms with van der Waals surface area (Å²) in [5, 5.41) is 2.59. The Labute approximate surface area is 75.1 Å². The second-order valence-corrected chi connectivity index (χ2v) is 2.82. The standard InChI is InChI=1S/C10H8FNO/c1-2-8-9-6(10(13)12-8)4-3-5-7(9)11/h2-5H,1H3,(H,12,13)/b8-2+. The maximum atomic E-state index is 13.3. The van der Waals surface area contributed by atoms with Crippen molar-refractivity contribution in [2.45, 2.75) is 6.92 Å². The van der Waals surface area contributed by atoms with E-state index in [1.54, 1.807) is 19.1 Å². The number of fused-ring (bicyclic) bond motifs is 1. The van der Waals surface area contributed by atoms with Crippen LogP contribution in [0, 0.1) is 5.82 Å². The smallest absolute Gasteiger partial charge is 0.256 e.